The van der Waals surface area contributed by atoms with Gasteiger partial charge < -0.3 is 9.72 Å². The summed E-state index contributed by atoms with van der Waals surface area (Å²) in [5.74, 6) is 0.696. The van der Waals surface area contributed by atoms with E-state index in [9.17, 15) is 8.42 Å². The monoisotopic (exact) mass is 317 g/mol. The largest absolute Gasteiger partial charge is 0.492 e. The van der Waals surface area contributed by atoms with Crippen molar-refractivity contribution in [3.05, 3.63) is 54.6 Å². The van der Waals surface area contributed by atoms with Crippen molar-refractivity contribution >= 4 is 27.0 Å². The Kier molecular flexibility index (Phi) is 3.97. The highest BCUT2D eigenvalue weighted by molar-refractivity contribution is 7.92. The number of benzene rings is 2. The summed E-state index contributed by atoms with van der Waals surface area (Å²) < 4.78 is 31.8. The van der Waals surface area contributed by atoms with E-state index in [2.05, 4.69) is 14.7 Å². The van der Waals surface area contributed by atoms with Crippen LogP contribution in [0.4, 0.5) is 5.95 Å². The van der Waals surface area contributed by atoms with Crippen molar-refractivity contribution < 1.29 is 13.2 Å². The second-order valence-corrected chi connectivity index (χ2v) is 6.53. The lowest BCUT2D eigenvalue weighted by Crippen LogP contribution is -2.21. The van der Waals surface area contributed by atoms with Gasteiger partial charge in [-0.05, 0) is 24.3 Å². The minimum atomic E-state index is -3.52. The number of para-hydroxylation sites is 3. The summed E-state index contributed by atoms with van der Waals surface area (Å²) >= 11 is 0. The van der Waals surface area contributed by atoms with Gasteiger partial charge in [0, 0.05) is 0 Å². The normalized spacial score (nSPS) is 11.5. The quantitative estimate of drug-likeness (QED) is 0.731. The number of sulfonamides is 1. The Hall–Kier alpha value is -2.54. The number of aromatic nitrogens is 2. The Balaban J connectivity index is 1.61. The fraction of sp³-hybridized carbons (Fsp3) is 0.133. The van der Waals surface area contributed by atoms with Crippen LogP contribution >= 0.6 is 0 Å². The first-order valence-corrected chi connectivity index (χ1v) is 8.41. The molecule has 0 aliphatic carbocycles. The van der Waals surface area contributed by atoms with Crippen molar-refractivity contribution in [1.82, 2.24) is 9.97 Å². The maximum atomic E-state index is 12.0. The van der Waals surface area contributed by atoms with Gasteiger partial charge in [0.15, 0.2) is 0 Å². The number of aromatic amines is 1. The molecule has 1 aromatic heterocycles. The molecule has 0 radical (unpaired) electrons. The summed E-state index contributed by atoms with van der Waals surface area (Å²) in [6.45, 7) is 0.0690. The van der Waals surface area contributed by atoms with Gasteiger partial charge in [-0.25, -0.2) is 13.4 Å². The van der Waals surface area contributed by atoms with Crippen molar-refractivity contribution in [3.8, 4) is 5.75 Å². The van der Waals surface area contributed by atoms with E-state index >= 15 is 0 Å². The van der Waals surface area contributed by atoms with E-state index in [1.807, 2.05) is 42.5 Å². The van der Waals surface area contributed by atoms with Gasteiger partial charge in [0.2, 0.25) is 16.0 Å². The Morgan fingerprint density at radius 1 is 1.05 bits per heavy atom. The molecule has 0 spiro atoms. The summed E-state index contributed by atoms with van der Waals surface area (Å²) in [5.41, 5.74) is 1.49. The number of fused-ring (bicyclic) bond motifs is 1. The molecule has 0 aliphatic heterocycles. The zero-order valence-electron chi connectivity index (χ0n) is 11.7. The zero-order valence-corrected chi connectivity index (χ0v) is 12.5. The van der Waals surface area contributed by atoms with Crippen LogP contribution in [0.25, 0.3) is 11.0 Å². The number of hydrogen-bond donors (Lipinski definition) is 2. The van der Waals surface area contributed by atoms with E-state index in [1.165, 1.54) is 0 Å². The first-order valence-electron chi connectivity index (χ1n) is 6.75. The lowest BCUT2D eigenvalue weighted by Gasteiger charge is -2.07. The summed E-state index contributed by atoms with van der Waals surface area (Å²) in [6.07, 6.45) is 0. The minimum absolute atomic E-state index is 0.0690. The highest BCUT2D eigenvalue weighted by Crippen LogP contribution is 2.14. The molecular formula is C15H15N3O3S. The molecule has 114 valence electrons. The van der Waals surface area contributed by atoms with E-state index in [4.69, 9.17) is 4.74 Å². The van der Waals surface area contributed by atoms with Crippen LogP contribution in [0, 0.1) is 0 Å². The predicted octanol–water partition coefficient (Wildman–Crippen LogP) is 2.38. The molecule has 6 nitrogen and oxygen atoms in total. The highest BCUT2D eigenvalue weighted by atomic mass is 32.2. The van der Waals surface area contributed by atoms with Crippen molar-refractivity contribution in [1.29, 1.82) is 0 Å². The van der Waals surface area contributed by atoms with Crippen LogP contribution in [0.2, 0.25) is 0 Å². The van der Waals surface area contributed by atoms with Crippen molar-refractivity contribution in [2.45, 2.75) is 0 Å². The number of anilines is 1. The molecule has 1 heterocycles. The molecule has 7 heteroatoms. The van der Waals surface area contributed by atoms with Crippen molar-refractivity contribution in [3.63, 3.8) is 0 Å². The Morgan fingerprint density at radius 3 is 2.55 bits per heavy atom. The molecule has 0 atom stereocenters. The van der Waals surface area contributed by atoms with Gasteiger partial charge in [0.25, 0.3) is 0 Å². The third kappa shape index (κ3) is 3.56. The fourth-order valence-corrected chi connectivity index (χ4v) is 2.78. The predicted molar refractivity (Wildman–Crippen MR) is 85.4 cm³/mol. The van der Waals surface area contributed by atoms with Gasteiger partial charge in [0.1, 0.15) is 18.1 Å². The van der Waals surface area contributed by atoms with Crippen LogP contribution in [0.3, 0.4) is 0 Å². The Labute approximate surface area is 128 Å². The van der Waals surface area contributed by atoms with Gasteiger partial charge >= 0.3 is 0 Å². The second-order valence-electron chi connectivity index (χ2n) is 4.69. The summed E-state index contributed by atoms with van der Waals surface area (Å²) in [7, 11) is -3.52. The molecule has 0 bridgehead atoms. The first-order chi connectivity index (χ1) is 10.6. The van der Waals surface area contributed by atoms with Crippen LogP contribution in [-0.2, 0) is 10.0 Å². The molecule has 3 aromatic rings. The van der Waals surface area contributed by atoms with Crippen molar-refractivity contribution in [2.75, 3.05) is 17.1 Å². The van der Waals surface area contributed by atoms with Crippen LogP contribution < -0.4 is 9.46 Å². The SMILES string of the molecule is O=S(=O)(CCOc1ccccc1)Nc1nc2ccccc2[nH]1. The average Bonchev–Trinajstić information content (AvgIpc) is 2.89. The van der Waals surface area contributed by atoms with Gasteiger partial charge in [-0.1, -0.05) is 30.3 Å². The number of hydrogen-bond acceptors (Lipinski definition) is 4. The molecule has 3 rings (SSSR count). The summed E-state index contributed by atoms with van der Waals surface area (Å²) in [4.78, 5) is 7.10. The smallest absolute Gasteiger partial charge is 0.238 e. The second kappa shape index (κ2) is 6.07. The molecule has 2 aromatic carbocycles. The van der Waals surface area contributed by atoms with E-state index in [0.29, 0.717) is 11.3 Å². The van der Waals surface area contributed by atoms with Gasteiger partial charge in [-0.2, -0.15) is 0 Å². The number of H-pyrrole nitrogens is 1. The van der Waals surface area contributed by atoms with Crippen LogP contribution in [0.15, 0.2) is 54.6 Å². The summed E-state index contributed by atoms with van der Waals surface area (Å²) in [5, 5.41) is 0. The van der Waals surface area contributed by atoms with Gasteiger partial charge in [0.05, 0.1) is 11.0 Å². The molecule has 2 N–H and O–H groups in total. The topological polar surface area (TPSA) is 84.1 Å². The van der Waals surface area contributed by atoms with E-state index in [1.54, 1.807) is 12.1 Å². The zero-order chi connectivity index (χ0) is 15.4. The fourth-order valence-electron chi connectivity index (χ4n) is 1.99. The maximum Gasteiger partial charge on any atom is 0.238 e. The van der Waals surface area contributed by atoms with Gasteiger partial charge in [-0.15, -0.1) is 0 Å². The number of nitrogens with zero attached hydrogens (tertiary/aromatic N) is 1. The average molecular weight is 317 g/mol. The molecule has 0 fully saturated rings. The molecule has 0 unspecified atom stereocenters. The van der Waals surface area contributed by atoms with Crippen molar-refractivity contribution in [2.24, 2.45) is 0 Å². The minimum Gasteiger partial charge on any atom is -0.492 e. The summed E-state index contributed by atoms with van der Waals surface area (Å²) in [6, 6.07) is 16.4. The Bertz CT molecular complexity index is 827. The van der Waals surface area contributed by atoms with Gasteiger partial charge in [-0.3, -0.25) is 4.72 Å². The number of ether oxygens (including phenoxy) is 1. The number of rotatable bonds is 6. The molecule has 0 aliphatic rings. The molecule has 0 amide bonds. The lowest BCUT2D eigenvalue weighted by molar-refractivity contribution is 0.341. The number of nitrogens with one attached hydrogen (secondary N) is 2. The molecular weight excluding hydrogens is 302 g/mol. The maximum absolute atomic E-state index is 12.0. The van der Waals surface area contributed by atoms with Crippen LogP contribution in [0.5, 0.6) is 5.75 Å². The lowest BCUT2D eigenvalue weighted by atomic mass is 10.3. The third-order valence-electron chi connectivity index (χ3n) is 3.01. The molecule has 22 heavy (non-hydrogen) atoms. The number of imidazole rings is 1. The molecule has 0 saturated heterocycles. The molecule has 0 saturated carbocycles. The van der Waals surface area contributed by atoms with Crippen LogP contribution in [0.1, 0.15) is 0 Å². The first kappa shape index (κ1) is 14.4. The van der Waals surface area contributed by atoms with E-state index < -0.39 is 10.0 Å². The third-order valence-corrected chi connectivity index (χ3v) is 4.21. The van der Waals surface area contributed by atoms with E-state index in [0.717, 1.165) is 5.52 Å². The highest BCUT2D eigenvalue weighted by Gasteiger charge is 2.13. The Morgan fingerprint density at radius 2 is 1.77 bits per heavy atom. The van der Waals surface area contributed by atoms with Crippen LogP contribution in [-0.4, -0.2) is 30.7 Å². The standard InChI is InChI=1S/C15H15N3O3S/c19-22(20,11-10-21-12-6-2-1-3-7-12)18-15-16-13-8-4-5-9-14(13)17-15/h1-9H,10-11H2,(H2,16,17,18). The van der Waals surface area contributed by atoms with E-state index in [-0.39, 0.29) is 18.3 Å².